The quantitative estimate of drug-likeness (QED) is 0.604. The monoisotopic (exact) mass is 326 g/mol. The molecule has 4 aromatic heterocycles. The summed E-state index contributed by atoms with van der Waals surface area (Å²) in [5.41, 5.74) is 2.60. The third kappa shape index (κ3) is 2.59. The van der Waals surface area contributed by atoms with Crippen molar-refractivity contribution in [1.82, 2.24) is 40.0 Å². The van der Waals surface area contributed by atoms with Gasteiger partial charge in [0, 0.05) is 18.1 Å². The molecule has 0 atom stereocenters. The van der Waals surface area contributed by atoms with E-state index in [1.807, 2.05) is 6.07 Å². The number of aryl methyl sites for hydroxylation is 1. The Labute approximate surface area is 135 Å². The molecule has 0 aliphatic heterocycles. The van der Waals surface area contributed by atoms with Gasteiger partial charge in [0.2, 0.25) is 10.8 Å². The van der Waals surface area contributed by atoms with E-state index in [9.17, 15) is 0 Å². The van der Waals surface area contributed by atoms with Crippen LogP contribution in [0.3, 0.4) is 0 Å². The van der Waals surface area contributed by atoms with E-state index in [2.05, 4.69) is 42.4 Å². The van der Waals surface area contributed by atoms with Gasteiger partial charge >= 0.3 is 0 Å². The van der Waals surface area contributed by atoms with Crippen LogP contribution in [-0.4, -0.2) is 40.0 Å². The number of H-pyrrole nitrogens is 1. The lowest BCUT2D eigenvalue weighted by Crippen LogP contribution is -1.93. The zero-order valence-corrected chi connectivity index (χ0v) is 13.3. The third-order valence-corrected chi connectivity index (χ3v) is 4.35. The third-order valence-electron chi connectivity index (χ3n) is 3.43. The van der Waals surface area contributed by atoms with E-state index in [0.717, 1.165) is 35.7 Å². The maximum atomic E-state index is 4.57. The molecule has 0 saturated carbocycles. The molecule has 9 heteroatoms. The van der Waals surface area contributed by atoms with Crippen molar-refractivity contribution in [3.05, 3.63) is 30.4 Å². The van der Waals surface area contributed by atoms with Crippen molar-refractivity contribution in [3.63, 3.8) is 0 Å². The smallest absolute Gasteiger partial charge is 0.235 e. The maximum Gasteiger partial charge on any atom is 0.235 e. The highest BCUT2D eigenvalue weighted by Gasteiger charge is 2.16. The Morgan fingerprint density at radius 1 is 1.22 bits per heavy atom. The van der Waals surface area contributed by atoms with E-state index in [0.29, 0.717) is 16.5 Å². The predicted molar refractivity (Wildman–Crippen MR) is 85.9 cm³/mol. The molecule has 0 aliphatic carbocycles. The minimum Gasteiger partial charge on any atom is -0.282 e. The van der Waals surface area contributed by atoms with Gasteiger partial charge in [-0.25, -0.2) is 4.98 Å². The second kappa shape index (κ2) is 5.84. The topological polar surface area (TPSA) is 97.5 Å². The summed E-state index contributed by atoms with van der Waals surface area (Å²) >= 11 is 1.45. The summed E-state index contributed by atoms with van der Waals surface area (Å²) in [5, 5.41) is 21.1. The molecule has 0 bridgehead atoms. The molecule has 116 valence electrons. The number of nitrogens with zero attached hydrogens (tertiary/aromatic N) is 7. The van der Waals surface area contributed by atoms with Gasteiger partial charge in [0.15, 0.2) is 5.01 Å². The van der Waals surface area contributed by atoms with Crippen molar-refractivity contribution in [2.24, 2.45) is 0 Å². The summed E-state index contributed by atoms with van der Waals surface area (Å²) in [5.74, 6) is 0.581. The Bertz CT molecular complexity index is 923. The highest BCUT2D eigenvalue weighted by molar-refractivity contribution is 7.19. The number of rotatable bonds is 5. The van der Waals surface area contributed by atoms with Gasteiger partial charge in [-0.3, -0.25) is 10.1 Å². The molecule has 23 heavy (non-hydrogen) atoms. The standard InChI is InChI=1S/C14H14N8S/c1-2-3-4-9-7-10(18-17-9)13-21-22-12(19-20-14(22)23-13)11-8-15-5-6-16-11/h5-8H,2-4H2,1H3,(H,17,18). The van der Waals surface area contributed by atoms with E-state index < -0.39 is 0 Å². The number of hydrogen-bond donors (Lipinski definition) is 1. The zero-order chi connectivity index (χ0) is 15.6. The molecule has 0 amide bonds. The summed E-state index contributed by atoms with van der Waals surface area (Å²) in [6.07, 6.45) is 8.19. The van der Waals surface area contributed by atoms with E-state index in [4.69, 9.17) is 0 Å². The minimum atomic E-state index is 0.581. The molecule has 0 fully saturated rings. The van der Waals surface area contributed by atoms with Crippen LogP contribution in [0.1, 0.15) is 25.5 Å². The first kappa shape index (κ1) is 13.9. The second-order valence-electron chi connectivity index (χ2n) is 5.10. The summed E-state index contributed by atoms with van der Waals surface area (Å²) in [4.78, 5) is 9.01. The van der Waals surface area contributed by atoms with Gasteiger partial charge in [0.1, 0.15) is 11.4 Å². The molecule has 4 rings (SSSR count). The predicted octanol–water partition coefficient (Wildman–Crippen LogP) is 2.38. The summed E-state index contributed by atoms with van der Waals surface area (Å²) in [7, 11) is 0. The van der Waals surface area contributed by atoms with Crippen molar-refractivity contribution >= 4 is 16.3 Å². The summed E-state index contributed by atoms with van der Waals surface area (Å²) in [6.45, 7) is 2.17. The van der Waals surface area contributed by atoms with Gasteiger partial charge < -0.3 is 0 Å². The molecule has 8 nitrogen and oxygen atoms in total. The first-order valence-electron chi connectivity index (χ1n) is 7.38. The van der Waals surface area contributed by atoms with Crippen molar-refractivity contribution < 1.29 is 0 Å². The van der Waals surface area contributed by atoms with Crippen LogP contribution in [0.2, 0.25) is 0 Å². The van der Waals surface area contributed by atoms with Crippen LogP contribution in [0.15, 0.2) is 24.7 Å². The molecule has 4 heterocycles. The van der Waals surface area contributed by atoms with Crippen LogP contribution in [0.25, 0.3) is 27.2 Å². The Morgan fingerprint density at radius 2 is 2.17 bits per heavy atom. The summed E-state index contributed by atoms with van der Waals surface area (Å²) in [6, 6.07) is 2.04. The van der Waals surface area contributed by atoms with Crippen molar-refractivity contribution in [2.75, 3.05) is 0 Å². The van der Waals surface area contributed by atoms with Crippen molar-refractivity contribution in [2.45, 2.75) is 26.2 Å². The number of hydrogen-bond acceptors (Lipinski definition) is 7. The van der Waals surface area contributed by atoms with Crippen LogP contribution >= 0.6 is 11.3 Å². The van der Waals surface area contributed by atoms with Gasteiger partial charge in [-0.2, -0.15) is 14.7 Å². The SMILES string of the molecule is CCCCc1cc(-c2nn3c(-c4cnccn4)nnc3s2)n[nH]1. The molecule has 0 aromatic carbocycles. The van der Waals surface area contributed by atoms with E-state index in [1.54, 1.807) is 23.1 Å². The van der Waals surface area contributed by atoms with Gasteiger partial charge in [-0.15, -0.1) is 10.2 Å². The largest absolute Gasteiger partial charge is 0.282 e. The lowest BCUT2D eigenvalue weighted by molar-refractivity contribution is 0.772. The first-order valence-corrected chi connectivity index (χ1v) is 8.20. The van der Waals surface area contributed by atoms with Gasteiger partial charge in [-0.1, -0.05) is 24.7 Å². The Kier molecular flexibility index (Phi) is 3.54. The number of unbranched alkanes of at least 4 members (excludes halogenated alkanes) is 1. The average Bonchev–Trinajstić information content (AvgIpc) is 3.28. The fourth-order valence-corrected chi connectivity index (χ4v) is 3.06. The lowest BCUT2D eigenvalue weighted by atomic mass is 10.2. The minimum absolute atomic E-state index is 0.581. The normalized spacial score (nSPS) is 11.3. The second-order valence-corrected chi connectivity index (χ2v) is 6.05. The van der Waals surface area contributed by atoms with Crippen molar-refractivity contribution in [1.29, 1.82) is 0 Å². The zero-order valence-electron chi connectivity index (χ0n) is 12.5. The van der Waals surface area contributed by atoms with E-state index in [-0.39, 0.29) is 0 Å². The van der Waals surface area contributed by atoms with E-state index >= 15 is 0 Å². The number of nitrogens with one attached hydrogen (secondary N) is 1. The highest BCUT2D eigenvalue weighted by Crippen LogP contribution is 2.26. The maximum absolute atomic E-state index is 4.57. The molecule has 0 saturated heterocycles. The van der Waals surface area contributed by atoms with Crippen LogP contribution in [0, 0.1) is 0 Å². The summed E-state index contributed by atoms with van der Waals surface area (Å²) < 4.78 is 1.68. The highest BCUT2D eigenvalue weighted by atomic mass is 32.1. The molecule has 0 spiro atoms. The molecular weight excluding hydrogens is 312 g/mol. The van der Waals surface area contributed by atoms with Gasteiger partial charge in [-0.05, 0) is 18.9 Å². The number of aromatic amines is 1. The van der Waals surface area contributed by atoms with Crippen LogP contribution in [-0.2, 0) is 6.42 Å². The molecule has 1 N–H and O–H groups in total. The molecular formula is C14H14N8S. The number of aromatic nitrogens is 8. The average molecular weight is 326 g/mol. The fraction of sp³-hybridized carbons (Fsp3) is 0.286. The molecule has 0 radical (unpaired) electrons. The Morgan fingerprint density at radius 3 is 3.00 bits per heavy atom. The van der Waals surface area contributed by atoms with Gasteiger partial charge in [0.05, 0.1) is 6.20 Å². The lowest BCUT2D eigenvalue weighted by Gasteiger charge is -1.93. The Hall–Kier alpha value is -2.68. The van der Waals surface area contributed by atoms with Crippen LogP contribution in [0.5, 0.6) is 0 Å². The Balaban J connectivity index is 1.70. The van der Waals surface area contributed by atoms with Crippen LogP contribution < -0.4 is 0 Å². The first-order chi connectivity index (χ1) is 11.3. The molecule has 4 aromatic rings. The number of fused-ring (bicyclic) bond motifs is 1. The fourth-order valence-electron chi connectivity index (χ4n) is 2.26. The van der Waals surface area contributed by atoms with Crippen molar-refractivity contribution in [3.8, 4) is 22.2 Å². The van der Waals surface area contributed by atoms with Gasteiger partial charge in [0.25, 0.3) is 0 Å². The molecule has 0 unspecified atom stereocenters. The van der Waals surface area contributed by atoms with E-state index in [1.165, 1.54) is 11.3 Å². The molecule has 0 aliphatic rings. The van der Waals surface area contributed by atoms with Crippen LogP contribution in [0.4, 0.5) is 0 Å².